The lowest BCUT2D eigenvalue weighted by molar-refractivity contribution is -0.139. The van der Waals surface area contributed by atoms with E-state index in [9.17, 15) is 4.79 Å². The van der Waals surface area contributed by atoms with Crippen molar-refractivity contribution in [1.29, 1.82) is 0 Å². The summed E-state index contributed by atoms with van der Waals surface area (Å²) in [6.45, 7) is 4.04. The molecule has 15 heavy (non-hydrogen) atoms. The Bertz CT molecular complexity index is 346. The molecule has 0 saturated carbocycles. The van der Waals surface area contributed by atoms with Gasteiger partial charge in [0.05, 0.1) is 6.61 Å². The molecule has 82 valence electrons. The van der Waals surface area contributed by atoms with Crippen molar-refractivity contribution in [2.24, 2.45) is 0 Å². The molecule has 0 aromatic heterocycles. The second-order valence-corrected chi connectivity index (χ2v) is 3.04. The molecule has 4 nitrogen and oxygen atoms in total. The largest absolute Gasteiger partial charge is 0.494 e. The third-order valence-corrected chi connectivity index (χ3v) is 1.81. The number of carbonyl (C=O) groups is 1. The Balaban J connectivity index is 2.70. The first kappa shape index (κ1) is 11.4. The lowest BCUT2D eigenvalue weighted by Gasteiger charge is -2.09. The van der Waals surface area contributed by atoms with Crippen molar-refractivity contribution in [2.75, 3.05) is 13.2 Å². The van der Waals surface area contributed by atoms with Crippen LogP contribution in [0.5, 0.6) is 11.5 Å². The molecule has 0 aliphatic rings. The van der Waals surface area contributed by atoms with E-state index in [4.69, 9.17) is 14.6 Å². The SMILES string of the molecule is CCOc1ccc(OCC(=O)O)c(C)c1. The summed E-state index contributed by atoms with van der Waals surface area (Å²) >= 11 is 0. The maximum Gasteiger partial charge on any atom is 0.341 e. The molecule has 0 saturated heterocycles. The van der Waals surface area contributed by atoms with Crippen molar-refractivity contribution in [3.05, 3.63) is 23.8 Å². The molecule has 0 unspecified atom stereocenters. The molecule has 4 heteroatoms. The standard InChI is InChI=1S/C11H14O4/c1-3-14-9-4-5-10(8(2)6-9)15-7-11(12)13/h4-6H,3,7H2,1-2H3,(H,12,13). The first-order valence-electron chi connectivity index (χ1n) is 4.71. The Labute approximate surface area is 88.4 Å². The van der Waals surface area contributed by atoms with Gasteiger partial charge in [0.15, 0.2) is 6.61 Å². The molecule has 0 aliphatic heterocycles. The molecule has 0 radical (unpaired) electrons. The van der Waals surface area contributed by atoms with E-state index < -0.39 is 5.97 Å². The maximum absolute atomic E-state index is 10.3. The van der Waals surface area contributed by atoms with E-state index in [1.807, 2.05) is 19.9 Å². The summed E-state index contributed by atoms with van der Waals surface area (Å²) in [5.41, 5.74) is 0.863. The van der Waals surface area contributed by atoms with Gasteiger partial charge in [-0.25, -0.2) is 4.79 Å². The molecular weight excluding hydrogens is 196 g/mol. The average Bonchev–Trinajstić information content (AvgIpc) is 2.17. The number of ether oxygens (including phenoxy) is 2. The molecule has 0 aliphatic carbocycles. The number of rotatable bonds is 5. The highest BCUT2D eigenvalue weighted by molar-refractivity contribution is 5.68. The van der Waals surface area contributed by atoms with Gasteiger partial charge >= 0.3 is 5.97 Å². The minimum absolute atomic E-state index is 0.325. The fraction of sp³-hybridized carbons (Fsp3) is 0.364. The summed E-state index contributed by atoms with van der Waals surface area (Å²) in [5.74, 6) is 0.349. The monoisotopic (exact) mass is 210 g/mol. The molecule has 1 rings (SSSR count). The van der Waals surface area contributed by atoms with Crippen molar-refractivity contribution in [3.63, 3.8) is 0 Å². The van der Waals surface area contributed by atoms with E-state index in [0.29, 0.717) is 12.4 Å². The second kappa shape index (κ2) is 5.24. The van der Waals surface area contributed by atoms with Crippen LogP contribution in [-0.2, 0) is 4.79 Å². The van der Waals surface area contributed by atoms with Crippen molar-refractivity contribution < 1.29 is 19.4 Å². The van der Waals surface area contributed by atoms with Crippen LogP contribution in [0.25, 0.3) is 0 Å². The van der Waals surface area contributed by atoms with Crippen LogP contribution in [0.4, 0.5) is 0 Å². The molecule has 1 aromatic rings. The van der Waals surface area contributed by atoms with Gasteiger partial charge in [-0.2, -0.15) is 0 Å². The first-order chi connectivity index (χ1) is 7.13. The summed E-state index contributed by atoms with van der Waals surface area (Å²) in [6, 6.07) is 5.29. The molecule has 0 fully saturated rings. The highest BCUT2D eigenvalue weighted by Gasteiger charge is 2.03. The average molecular weight is 210 g/mol. The molecule has 0 spiro atoms. The zero-order chi connectivity index (χ0) is 11.3. The summed E-state index contributed by atoms with van der Waals surface area (Å²) < 4.78 is 10.4. The van der Waals surface area contributed by atoms with Crippen LogP contribution in [-0.4, -0.2) is 24.3 Å². The topological polar surface area (TPSA) is 55.8 Å². The van der Waals surface area contributed by atoms with Crippen LogP contribution in [0.2, 0.25) is 0 Å². The Morgan fingerprint density at radius 3 is 2.67 bits per heavy atom. The Kier molecular flexibility index (Phi) is 3.97. The maximum atomic E-state index is 10.3. The number of hydrogen-bond acceptors (Lipinski definition) is 3. The summed E-state index contributed by atoms with van der Waals surface area (Å²) in [5, 5.41) is 8.45. The van der Waals surface area contributed by atoms with Crippen LogP contribution >= 0.6 is 0 Å². The fourth-order valence-electron chi connectivity index (χ4n) is 1.18. The van der Waals surface area contributed by atoms with E-state index >= 15 is 0 Å². The minimum Gasteiger partial charge on any atom is -0.494 e. The van der Waals surface area contributed by atoms with Gasteiger partial charge in [0, 0.05) is 0 Å². The summed E-state index contributed by atoms with van der Waals surface area (Å²) in [4.78, 5) is 10.3. The number of carboxylic acids is 1. The van der Waals surface area contributed by atoms with E-state index in [0.717, 1.165) is 11.3 Å². The van der Waals surface area contributed by atoms with Gasteiger partial charge in [-0.1, -0.05) is 0 Å². The molecule has 1 aromatic carbocycles. The van der Waals surface area contributed by atoms with Crippen LogP contribution in [0.3, 0.4) is 0 Å². The van der Waals surface area contributed by atoms with E-state index in [1.54, 1.807) is 12.1 Å². The predicted molar refractivity (Wildman–Crippen MR) is 55.5 cm³/mol. The molecule has 0 bridgehead atoms. The van der Waals surface area contributed by atoms with Crippen molar-refractivity contribution in [2.45, 2.75) is 13.8 Å². The van der Waals surface area contributed by atoms with Crippen LogP contribution in [0, 0.1) is 6.92 Å². The summed E-state index contributed by atoms with van der Waals surface area (Å²) in [6.07, 6.45) is 0. The van der Waals surface area contributed by atoms with Gasteiger partial charge in [-0.15, -0.1) is 0 Å². The fourth-order valence-corrected chi connectivity index (χ4v) is 1.18. The van der Waals surface area contributed by atoms with E-state index in [2.05, 4.69) is 0 Å². The third kappa shape index (κ3) is 3.50. The zero-order valence-corrected chi connectivity index (χ0v) is 8.82. The zero-order valence-electron chi connectivity index (χ0n) is 8.82. The smallest absolute Gasteiger partial charge is 0.341 e. The van der Waals surface area contributed by atoms with Gasteiger partial charge in [0.2, 0.25) is 0 Å². The molecular formula is C11H14O4. The molecule has 0 atom stereocenters. The Hall–Kier alpha value is -1.71. The lowest BCUT2D eigenvalue weighted by Crippen LogP contribution is -2.10. The third-order valence-electron chi connectivity index (χ3n) is 1.81. The number of aryl methyl sites for hydroxylation is 1. The Morgan fingerprint density at radius 1 is 1.40 bits per heavy atom. The highest BCUT2D eigenvalue weighted by atomic mass is 16.5. The lowest BCUT2D eigenvalue weighted by atomic mass is 10.2. The van der Waals surface area contributed by atoms with Crippen LogP contribution in [0.1, 0.15) is 12.5 Å². The van der Waals surface area contributed by atoms with Crippen molar-refractivity contribution in [3.8, 4) is 11.5 Å². The number of carboxylic acid groups (broad SMARTS) is 1. The van der Waals surface area contributed by atoms with E-state index in [-0.39, 0.29) is 6.61 Å². The van der Waals surface area contributed by atoms with Crippen molar-refractivity contribution >= 4 is 5.97 Å². The van der Waals surface area contributed by atoms with Gasteiger partial charge in [-0.05, 0) is 37.6 Å². The Morgan fingerprint density at radius 2 is 2.13 bits per heavy atom. The van der Waals surface area contributed by atoms with Gasteiger partial charge < -0.3 is 14.6 Å². The first-order valence-corrected chi connectivity index (χ1v) is 4.71. The second-order valence-electron chi connectivity index (χ2n) is 3.04. The summed E-state index contributed by atoms with van der Waals surface area (Å²) in [7, 11) is 0. The number of hydrogen-bond donors (Lipinski definition) is 1. The highest BCUT2D eigenvalue weighted by Crippen LogP contribution is 2.23. The van der Waals surface area contributed by atoms with Crippen molar-refractivity contribution in [1.82, 2.24) is 0 Å². The quantitative estimate of drug-likeness (QED) is 0.805. The van der Waals surface area contributed by atoms with Gasteiger partial charge in [0.1, 0.15) is 11.5 Å². The van der Waals surface area contributed by atoms with Crippen LogP contribution < -0.4 is 9.47 Å². The van der Waals surface area contributed by atoms with Gasteiger partial charge in [-0.3, -0.25) is 0 Å². The molecule has 0 heterocycles. The van der Waals surface area contributed by atoms with Crippen LogP contribution in [0.15, 0.2) is 18.2 Å². The normalized spacial score (nSPS) is 9.73. The number of benzene rings is 1. The molecule has 1 N–H and O–H groups in total. The minimum atomic E-state index is -0.983. The number of aliphatic carboxylic acids is 1. The van der Waals surface area contributed by atoms with Gasteiger partial charge in [0.25, 0.3) is 0 Å². The predicted octanol–water partition coefficient (Wildman–Crippen LogP) is 1.86. The molecule has 0 amide bonds. The van der Waals surface area contributed by atoms with E-state index in [1.165, 1.54) is 0 Å².